The largest absolute Gasteiger partial charge is 0.381 e. The monoisotopic (exact) mass is 433 g/mol. The van der Waals surface area contributed by atoms with Gasteiger partial charge in [-0.3, -0.25) is 0 Å². The number of aryl methyl sites for hydroxylation is 6. The highest BCUT2D eigenvalue weighted by atomic mass is 31.1. The molecule has 3 aromatic carbocycles. The average molecular weight is 434 g/mol. The molecule has 31 heavy (non-hydrogen) atoms. The van der Waals surface area contributed by atoms with Crippen LogP contribution >= 0.6 is 7.92 Å². The maximum atomic E-state index is 3.69. The molecule has 4 heteroatoms. The van der Waals surface area contributed by atoms with E-state index in [4.69, 9.17) is 0 Å². The zero-order valence-electron chi connectivity index (χ0n) is 19.8. The van der Waals surface area contributed by atoms with Crippen molar-refractivity contribution in [3.05, 3.63) is 88.0 Å². The molecule has 0 amide bonds. The lowest BCUT2D eigenvalue weighted by Gasteiger charge is -2.22. The SMILES string of the molecule is Cc1cc(C)cc(NCP(CNc2cc(C)cc(C)c2)CNc2cc(C)cc(C)c2)c1. The Morgan fingerprint density at radius 3 is 0.871 bits per heavy atom. The lowest BCUT2D eigenvalue weighted by molar-refractivity contribution is 1.29. The molecule has 3 rings (SSSR count). The molecule has 0 aromatic heterocycles. The van der Waals surface area contributed by atoms with Gasteiger partial charge in [-0.25, -0.2) is 0 Å². The van der Waals surface area contributed by atoms with Gasteiger partial charge in [-0.05, 0) is 119 Å². The Morgan fingerprint density at radius 2 is 0.645 bits per heavy atom. The molecule has 3 aromatic rings. The second kappa shape index (κ2) is 10.7. The Morgan fingerprint density at radius 1 is 0.419 bits per heavy atom. The van der Waals surface area contributed by atoms with Crippen LogP contribution in [0, 0.1) is 41.5 Å². The number of nitrogens with one attached hydrogen (secondary N) is 3. The van der Waals surface area contributed by atoms with E-state index >= 15 is 0 Å². The highest BCUT2D eigenvalue weighted by molar-refractivity contribution is 7.58. The van der Waals surface area contributed by atoms with E-state index in [1.165, 1.54) is 50.4 Å². The minimum atomic E-state index is -0.323. The van der Waals surface area contributed by atoms with Crippen LogP contribution < -0.4 is 16.0 Å². The van der Waals surface area contributed by atoms with Crippen molar-refractivity contribution in [2.75, 3.05) is 34.8 Å². The molecule has 0 atom stereocenters. The van der Waals surface area contributed by atoms with E-state index in [-0.39, 0.29) is 7.92 Å². The maximum absolute atomic E-state index is 3.69. The first-order valence-electron chi connectivity index (χ1n) is 11.0. The summed E-state index contributed by atoms with van der Waals surface area (Å²) in [6.07, 6.45) is 2.90. The van der Waals surface area contributed by atoms with E-state index in [9.17, 15) is 0 Å². The summed E-state index contributed by atoms with van der Waals surface area (Å²) in [5.74, 6) is 0. The third kappa shape index (κ3) is 7.60. The van der Waals surface area contributed by atoms with Gasteiger partial charge in [0.05, 0.1) is 0 Å². The van der Waals surface area contributed by atoms with Crippen LogP contribution in [-0.2, 0) is 0 Å². The fourth-order valence-electron chi connectivity index (χ4n) is 4.01. The van der Waals surface area contributed by atoms with Crippen LogP contribution in [0.15, 0.2) is 54.6 Å². The summed E-state index contributed by atoms with van der Waals surface area (Å²) < 4.78 is 0. The van der Waals surface area contributed by atoms with Crippen molar-refractivity contribution in [3.63, 3.8) is 0 Å². The molecule has 3 N–H and O–H groups in total. The number of anilines is 3. The fourth-order valence-corrected chi connectivity index (χ4v) is 5.56. The summed E-state index contributed by atoms with van der Waals surface area (Å²) in [5.41, 5.74) is 11.4. The van der Waals surface area contributed by atoms with Crippen LogP contribution in [0.3, 0.4) is 0 Å². The van der Waals surface area contributed by atoms with Crippen molar-refractivity contribution >= 4 is 25.0 Å². The molecule has 3 nitrogen and oxygen atoms in total. The lowest BCUT2D eigenvalue weighted by Crippen LogP contribution is -2.13. The second-order valence-electron chi connectivity index (χ2n) is 8.80. The first-order chi connectivity index (χ1) is 14.8. The summed E-state index contributed by atoms with van der Waals surface area (Å²) in [7, 11) is -0.323. The van der Waals surface area contributed by atoms with Gasteiger partial charge >= 0.3 is 0 Å². The van der Waals surface area contributed by atoms with Gasteiger partial charge in [0, 0.05) is 35.9 Å². The van der Waals surface area contributed by atoms with Crippen molar-refractivity contribution in [3.8, 4) is 0 Å². The van der Waals surface area contributed by atoms with E-state index < -0.39 is 0 Å². The van der Waals surface area contributed by atoms with Crippen LogP contribution in [0.5, 0.6) is 0 Å². The Labute approximate surface area is 189 Å². The number of rotatable bonds is 9. The predicted octanol–water partition coefficient (Wildman–Crippen LogP) is 7.53. The van der Waals surface area contributed by atoms with Gasteiger partial charge in [-0.15, -0.1) is 0 Å². The maximum Gasteiger partial charge on any atom is 0.0381 e. The van der Waals surface area contributed by atoms with E-state index in [1.807, 2.05) is 0 Å². The molecule has 0 aliphatic rings. The topological polar surface area (TPSA) is 36.1 Å². The van der Waals surface area contributed by atoms with Crippen LogP contribution in [0.25, 0.3) is 0 Å². The van der Waals surface area contributed by atoms with E-state index in [1.54, 1.807) is 0 Å². The molecule has 0 bridgehead atoms. The second-order valence-corrected chi connectivity index (χ2v) is 11.1. The van der Waals surface area contributed by atoms with Crippen LogP contribution in [0.1, 0.15) is 33.4 Å². The predicted molar refractivity (Wildman–Crippen MR) is 140 cm³/mol. The summed E-state index contributed by atoms with van der Waals surface area (Å²) in [5, 5.41) is 11.1. The molecule has 0 heterocycles. The lowest BCUT2D eigenvalue weighted by atomic mass is 10.1. The van der Waals surface area contributed by atoms with Gasteiger partial charge in [0.15, 0.2) is 0 Å². The highest BCUT2D eigenvalue weighted by Crippen LogP contribution is 2.36. The van der Waals surface area contributed by atoms with Gasteiger partial charge in [-0.1, -0.05) is 18.2 Å². The van der Waals surface area contributed by atoms with Gasteiger partial charge < -0.3 is 16.0 Å². The quantitative estimate of drug-likeness (QED) is 0.305. The van der Waals surface area contributed by atoms with Gasteiger partial charge in [0.25, 0.3) is 0 Å². The van der Waals surface area contributed by atoms with Gasteiger partial charge in [-0.2, -0.15) is 0 Å². The summed E-state index contributed by atoms with van der Waals surface area (Å²) in [4.78, 5) is 0. The molecule has 0 spiro atoms. The Balaban J connectivity index is 1.68. The van der Waals surface area contributed by atoms with Crippen molar-refractivity contribution < 1.29 is 0 Å². The molecular formula is C27H36N3P. The zero-order chi connectivity index (χ0) is 22.4. The molecule has 0 radical (unpaired) electrons. The van der Waals surface area contributed by atoms with Gasteiger partial charge in [0.2, 0.25) is 0 Å². The number of hydrogen-bond donors (Lipinski definition) is 3. The molecule has 164 valence electrons. The van der Waals surface area contributed by atoms with Crippen LogP contribution in [0.4, 0.5) is 17.1 Å². The molecule has 0 unspecified atom stereocenters. The standard InChI is InChI=1S/C27H36N3P/c1-19-7-20(2)11-25(10-19)28-16-31(17-29-26-12-21(3)8-22(4)13-26)18-30-27-14-23(5)9-24(6)15-27/h7-15,28-30H,16-18H2,1-6H3. The van der Waals surface area contributed by atoms with E-state index in [0.717, 1.165) is 18.9 Å². The van der Waals surface area contributed by atoms with Crippen molar-refractivity contribution in [1.29, 1.82) is 0 Å². The van der Waals surface area contributed by atoms with E-state index in [2.05, 4.69) is 112 Å². The third-order valence-electron chi connectivity index (χ3n) is 5.19. The Bertz CT molecular complexity index is 836. The van der Waals surface area contributed by atoms with Gasteiger partial charge in [0.1, 0.15) is 0 Å². The van der Waals surface area contributed by atoms with Crippen LogP contribution in [0.2, 0.25) is 0 Å². The Hall–Kier alpha value is -2.51. The summed E-state index contributed by atoms with van der Waals surface area (Å²) >= 11 is 0. The molecule has 0 saturated heterocycles. The number of benzene rings is 3. The fraction of sp³-hybridized carbons (Fsp3) is 0.333. The minimum absolute atomic E-state index is 0.323. The first kappa shape index (κ1) is 23.2. The van der Waals surface area contributed by atoms with Crippen molar-refractivity contribution in [1.82, 2.24) is 0 Å². The normalized spacial score (nSPS) is 10.9. The Kier molecular flexibility index (Phi) is 7.98. The zero-order valence-corrected chi connectivity index (χ0v) is 20.7. The average Bonchev–Trinajstić information content (AvgIpc) is 2.65. The molecular weight excluding hydrogens is 397 g/mol. The van der Waals surface area contributed by atoms with Crippen LogP contribution in [-0.4, -0.2) is 18.9 Å². The smallest absolute Gasteiger partial charge is 0.0381 e. The third-order valence-corrected chi connectivity index (χ3v) is 7.00. The molecule has 0 aliphatic carbocycles. The molecule has 0 fully saturated rings. The summed E-state index contributed by atoms with van der Waals surface area (Å²) in [6, 6.07) is 20.0. The summed E-state index contributed by atoms with van der Waals surface area (Å²) in [6.45, 7) is 12.9. The highest BCUT2D eigenvalue weighted by Gasteiger charge is 2.10. The van der Waals surface area contributed by atoms with Crippen molar-refractivity contribution in [2.24, 2.45) is 0 Å². The number of hydrogen-bond acceptors (Lipinski definition) is 3. The molecule has 0 aliphatic heterocycles. The first-order valence-corrected chi connectivity index (χ1v) is 12.9. The minimum Gasteiger partial charge on any atom is -0.381 e. The van der Waals surface area contributed by atoms with Crippen molar-refractivity contribution in [2.45, 2.75) is 41.5 Å². The molecule has 0 saturated carbocycles. The van der Waals surface area contributed by atoms with E-state index in [0.29, 0.717) is 0 Å².